The molecule has 4 heteroatoms. The monoisotopic (exact) mass is 141 g/mol. The summed E-state index contributed by atoms with van der Waals surface area (Å²) in [5.41, 5.74) is -0.321. The largest absolute Gasteiger partial charge is 0.421 e. The van der Waals surface area contributed by atoms with Crippen LogP contribution in [0.2, 0.25) is 0 Å². The molecule has 0 radical (unpaired) electrons. The van der Waals surface area contributed by atoms with E-state index in [9.17, 15) is 9.59 Å². The van der Waals surface area contributed by atoms with Gasteiger partial charge in [0.15, 0.2) is 0 Å². The molecular weight excluding hydrogens is 134 g/mol. The minimum atomic E-state index is -0.602. The molecule has 1 heterocycles. The molecule has 0 unspecified atom stereocenters. The summed E-state index contributed by atoms with van der Waals surface area (Å²) in [5, 5.41) is 0. The molecular formula is C6H7NO3. The highest BCUT2D eigenvalue weighted by Crippen LogP contribution is 1.70. The first kappa shape index (κ1) is 6.80. The minimum absolute atomic E-state index is 0.321. The molecule has 0 bridgehead atoms. The lowest BCUT2D eigenvalue weighted by molar-refractivity contribution is 0.426. The van der Waals surface area contributed by atoms with Crippen molar-refractivity contribution in [3.05, 3.63) is 33.2 Å². The van der Waals surface area contributed by atoms with Crippen molar-refractivity contribution in [1.82, 2.24) is 4.57 Å². The Morgan fingerprint density at radius 2 is 2.30 bits per heavy atom. The molecule has 1 aromatic heterocycles. The van der Waals surface area contributed by atoms with Gasteiger partial charge in [0.05, 0.1) is 0 Å². The molecule has 0 N–H and O–H groups in total. The van der Waals surface area contributed by atoms with Crippen LogP contribution >= 0.6 is 0 Å². The summed E-state index contributed by atoms with van der Waals surface area (Å²) >= 11 is 0. The average molecular weight is 141 g/mol. The third kappa shape index (κ3) is 1.00. The van der Waals surface area contributed by atoms with E-state index < -0.39 is 5.76 Å². The molecule has 1 rings (SSSR count). The van der Waals surface area contributed by atoms with E-state index >= 15 is 0 Å². The molecule has 0 aliphatic rings. The van der Waals surface area contributed by atoms with Crippen molar-refractivity contribution >= 4 is 0 Å². The van der Waals surface area contributed by atoms with Crippen molar-refractivity contribution in [2.75, 3.05) is 0 Å². The SMILES string of the molecule is CCn1c(=O)ccoc1=O. The van der Waals surface area contributed by atoms with E-state index in [0.29, 0.717) is 6.54 Å². The Balaban J connectivity index is 3.46. The fraction of sp³-hybridized carbons (Fsp3) is 0.333. The van der Waals surface area contributed by atoms with E-state index in [1.807, 2.05) is 0 Å². The molecule has 0 spiro atoms. The Labute approximate surface area is 56.7 Å². The highest BCUT2D eigenvalue weighted by molar-refractivity contribution is 4.78. The normalized spacial score (nSPS) is 9.70. The van der Waals surface area contributed by atoms with E-state index in [1.54, 1.807) is 6.92 Å². The van der Waals surface area contributed by atoms with Crippen molar-refractivity contribution in [3.63, 3.8) is 0 Å². The van der Waals surface area contributed by atoms with Gasteiger partial charge in [0.25, 0.3) is 5.56 Å². The van der Waals surface area contributed by atoms with Gasteiger partial charge in [-0.05, 0) is 6.92 Å². The third-order valence-electron chi connectivity index (χ3n) is 1.18. The van der Waals surface area contributed by atoms with Gasteiger partial charge in [0.2, 0.25) is 0 Å². The molecule has 1 aromatic rings. The number of nitrogens with zero attached hydrogens (tertiary/aromatic N) is 1. The summed E-state index contributed by atoms with van der Waals surface area (Å²) in [6.45, 7) is 2.06. The van der Waals surface area contributed by atoms with Crippen LogP contribution in [0.3, 0.4) is 0 Å². The second kappa shape index (κ2) is 2.51. The van der Waals surface area contributed by atoms with Gasteiger partial charge in [-0.25, -0.2) is 9.36 Å². The zero-order chi connectivity index (χ0) is 7.56. The van der Waals surface area contributed by atoms with Gasteiger partial charge in [0, 0.05) is 12.6 Å². The zero-order valence-electron chi connectivity index (χ0n) is 5.53. The van der Waals surface area contributed by atoms with E-state index in [1.165, 1.54) is 6.07 Å². The molecule has 0 fully saturated rings. The van der Waals surface area contributed by atoms with Crippen LogP contribution in [0.25, 0.3) is 0 Å². The minimum Gasteiger partial charge on any atom is -0.418 e. The molecule has 0 aliphatic heterocycles. The summed E-state index contributed by atoms with van der Waals surface area (Å²) in [6.07, 6.45) is 1.09. The van der Waals surface area contributed by atoms with Gasteiger partial charge < -0.3 is 4.42 Å². The lowest BCUT2D eigenvalue weighted by Gasteiger charge is -1.93. The van der Waals surface area contributed by atoms with E-state index in [0.717, 1.165) is 10.8 Å². The zero-order valence-corrected chi connectivity index (χ0v) is 5.53. The fourth-order valence-corrected chi connectivity index (χ4v) is 0.679. The Kier molecular flexibility index (Phi) is 1.71. The molecule has 0 aliphatic carbocycles. The van der Waals surface area contributed by atoms with Gasteiger partial charge in [-0.1, -0.05) is 0 Å². The number of hydrogen-bond acceptors (Lipinski definition) is 3. The van der Waals surface area contributed by atoms with Crippen LogP contribution in [0, 0.1) is 0 Å². The van der Waals surface area contributed by atoms with Crippen molar-refractivity contribution in [3.8, 4) is 0 Å². The van der Waals surface area contributed by atoms with E-state index in [2.05, 4.69) is 4.42 Å². The van der Waals surface area contributed by atoms with Crippen LogP contribution in [-0.4, -0.2) is 4.57 Å². The van der Waals surface area contributed by atoms with Gasteiger partial charge in [-0.2, -0.15) is 0 Å². The first-order valence-electron chi connectivity index (χ1n) is 2.94. The summed E-state index contributed by atoms with van der Waals surface area (Å²) in [5.74, 6) is -0.602. The van der Waals surface area contributed by atoms with E-state index in [4.69, 9.17) is 0 Å². The summed E-state index contributed by atoms with van der Waals surface area (Å²) in [6, 6.07) is 1.21. The molecule has 4 nitrogen and oxygen atoms in total. The molecule has 0 saturated carbocycles. The van der Waals surface area contributed by atoms with Crippen molar-refractivity contribution in [2.24, 2.45) is 0 Å². The molecule has 0 aromatic carbocycles. The topological polar surface area (TPSA) is 52.2 Å². The smallest absolute Gasteiger partial charge is 0.418 e. The molecule has 0 atom stereocenters. The average Bonchev–Trinajstić information content (AvgIpc) is 1.88. The van der Waals surface area contributed by atoms with Crippen molar-refractivity contribution in [1.29, 1.82) is 0 Å². The predicted octanol–water partition coefficient (Wildman–Crippen LogP) is -0.179. The van der Waals surface area contributed by atoms with Crippen LogP contribution < -0.4 is 11.3 Å². The first-order chi connectivity index (χ1) is 4.75. The molecule has 54 valence electrons. The highest BCUT2D eigenvalue weighted by Gasteiger charge is 1.95. The maximum Gasteiger partial charge on any atom is 0.421 e. The lowest BCUT2D eigenvalue weighted by atomic mass is 10.6. The quantitative estimate of drug-likeness (QED) is 0.545. The highest BCUT2D eigenvalue weighted by atomic mass is 16.4. The Morgan fingerprint density at radius 3 is 2.70 bits per heavy atom. The van der Waals surface area contributed by atoms with Crippen LogP contribution in [0.1, 0.15) is 6.92 Å². The van der Waals surface area contributed by atoms with Crippen molar-refractivity contribution < 1.29 is 4.42 Å². The van der Waals surface area contributed by atoms with Crippen LogP contribution in [-0.2, 0) is 6.54 Å². The Morgan fingerprint density at radius 1 is 1.60 bits per heavy atom. The number of rotatable bonds is 1. The van der Waals surface area contributed by atoms with Gasteiger partial charge in [0.1, 0.15) is 6.26 Å². The van der Waals surface area contributed by atoms with Crippen LogP contribution in [0.4, 0.5) is 0 Å². The second-order valence-corrected chi connectivity index (χ2v) is 1.77. The molecule has 0 amide bonds. The maximum absolute atomic E-state index is 10.8. The fourth-order valence-electron chi connectivity index (χ4n) is 0.679. The maximum atomic E-state index is 10.8. The standard InChI is InChI=1S/C6H7NO3/c1-2-7-5(8)3-4-10-6(7)9/h3-4H,2H2,1H3. The lowest BCUT2D eigenvalue weighted by Crippen LogP contribution is -2.30. The van der Waals surface area contributed by atoms with Crippen LogP contribution in [0.5, 0.6) is 0 Å². The van der Waals surface area contributed by atoms with E-state index in [-0.39, 0.29) is 5.56 Å². The summed E-state index contributed by atoms with van der Waals surface area (Å²) in [7, 11) is 0. The summed E-state index contributed by atoms with van der Waals surface area (Å²) in [4.78, 5) is 21.4. The second-order valence-electron chi connectivity index (χ2n) is 1.77. The first-order valence-corrected chi connectivity index (χ1v) is 2.94. The van der Waals surface area contributed by atoms with Gasteiger partial charge >= 0.3 is 5.76 Å². The molecule has 0 saturated heterocycles. The van der Waals surface area contributed by atoms with Crippen molar-refractivity contribution in [2.45, 2.75) is 13.5 Å². The number of aromatic nitrogens is 1. The number of hydrogen-bond donors (Lipinski definition) is 0. The summed E-state index contributed by atoms with van der Waals surface area (Å²) < 4.78 is 5.45. The Hall–Kier alpha value is -1.32. The van der Waals surface area contributed by atoms with Gasteiger partial charge in [-0.15, -0.1) is 0 Å². The van der Waals surface area contributed by atoms with Crippen LogP contribution in [0.15, 0.2) is 26.3 Å². The Bertz CT molecular complexity index is 294. The van der Waals surface area contributed by atoms with Gasteiger partial charge in [-0.3, -0.25) is 4.79 Å². The predicted molar refractivity (Wildman–Crippen MR) is 34.9 cm³/mol. The molecule has 10 heavy (non-hydrogen) atoms. The third-order valence-corrected chi connectivity index (χ3v) is 1.18.